The Morgan fingerprint density at radius 3 is 2.50 bits per heavy atom. The fourth-order valence-electron chi connectivity index (χ4n) is 1.50. The average molecular weight is 259 g/mol. The quantitative estimate of drug-likeness (QED) is 0.705. The van der Waals surface area contributed by atoms with Gasteiger partial charge in [0, 0.05) is 19.8 Å². The average Bonchev–Trinajstić information content (AvgIpc) is 2.34. The summed E-state index contributed by atoms with van der Waals surface area (Å²) < 4.78 is 31.3. The minimum atomic E-state index is -0.932. The molecule has 0 fully saturated rings. The van der Waals surface area contributed by atoms with Crippen molar-refractivity contribution in [2.75, 3.05) is 19.8 Å². The van der Waals surface area contributed by atoms with E-state index in [2.05, 4.69) is 5.32 Å². The van der Waals surface area contributed by atoms with E-state index in [1.165, 1.54) is 0 Å². The Morgan fingerprint density at radius 1 is 1.22 bits per heavy atom. The largest absolute Gasteiger partial charge is 0.503 e. The van der Waals surface area contributed by atoms with Crippen LogP contribution in [0, 0.1) is 11.6 Å². The molecule has 0 saturated heterocycles. The summed E-state index contributed by atoms with van der Waals surface area (Å²) in [5.74, 6) is -2.79. The molecule has 3 nitrogen and oxygen atoms in total. The lowest BCUT2D eigenvalue weighted by atomic mass is 10.2. The number of hydrogen-bond acceptors (Lipinski definition) is 3. The first kappa shape index (κ1) is 14.9. The fraction of sp³-hybridized carbons (Fsp3) is 0.538. The van der Waals surface area contributed by atoms with Gasteiger partial charge in [0.15, 0.2) is 17.4 Å². The smallest absolute Gasteiger partial charge is 0.187 e. The van der Waals surface area contributed by atoms with Gasteiger partial charge in [-0.25, -0.2) is 8.78 Å². The van der Waals surface area contributed by atoms with E-state index in [4.69, 9.17) is 9.84 Å². The van der Waals surface area contributed by atoms with E-state index in [9.17, 15) is 8.78 Å². The summed E-state index contributed by atoms with van der Waals surface area (Å²) in [6.07, 6.45) is 1.85. The van der Waals surface area contributed by atoms with E-state index in [0.29, 0.717) is 25.3 Å². The summed E-state index contributed by atoms with van der Waals surface area (Å²) in [4.78, 5) is 0. The molecule has 0 heterocycles. The lowest BCUT2D eigenvalue weighted by Crippen LogP contribution is -2.16. The predicted octanol–water partition coefficient (Wildman–Crippen LogP) is 2.58. The van der Waals surface area contributed by atoms with Gasteiger partial charge in [-0.15, -0.1) is 0 Å². The highest BCUT2D eigenvalue weighted by Gasteiger charge is 2.08. The van der Waals surface area contributed by atoms with E-state index in [0.717, 1.165) is 31.6 Å². The molecule has 1 rings (SSSR count). The van der Waals surface area contributed by atoms with Gasteiger partial charge in [0.25, 0.3) is 0 Å². The minimum Gasteiger partial charge on any atom is -0.503 e. The molecule has 5 heteroatoms. The monoisotopic (exact) mass is 259 g/mol. The molecule has 0 bridgehead atoms. The SMILES string of the molecule is CCCOCCCNCc1cc(F)c(O)c(F)c1. The topological polar surface area (TPSA) is 41.5 Å². The maximum absolute atomic E-state index is 13.0. The molecule has 0 aromatic heterocycles. The molecule has 1 aromatic rings. The van der Waals surface area contributed by atoms with Gasteiger partial charge in [-0.05, 0) is 37.1 Å². The molecule has 0 radical (unpaired) electrons. The van der Waals surface area contributed by atoms with Crippen molar-refractivity contribution in [2.24, 2.45) is 0 Å². The number of benzene rings is 1. The van der Waals surface area contributed by atoms with Crippen LogP contribution in [0.5, 0.6) is 5.75 Å². The second-order valence-corrected chi connectivity index (χ2v) is 4.05. The second kappa shape index (κ2) is 8.00. The molecule has 102 valence electrons. The van der Waals surface area contributed by atoms with Crippen LogP contribution in [0.1, 0.15) is 25.3 Å². The Bertz CT molecular complexity index is 349. The number of phenolic OH excluding ortho intramolecular Hbond substituents is 1. The van der Waals surface area contributed by atoms with Crippen molar-refractivity contribution in [1.82, 2.24) is 5.32 Å². The zero-order chi connectivity index (χ0) is 13.4. The third-order valence-corrected chi connectivity index (χ3v) is 2.40. The lowest BCUT2D eigenvalue weighted by molar-refractivity contribution is 0.132. The van der Waals surface area contributed by atoms with E-state index >= 15 is 0 Å². The highest BCUT2D eigenvalue weighted by Crippen LogP contribution is 2.21. The minimum absolute atomic E-state index is 0.363. The molecule has 0 aliphatic heterocycles. The molecule has 0 amide bonds. The molecular weight excluding hydrogens is 240 g/mol. The second-order valence-electron chi connectivity index (χ2n) is 4.05. The van der Waals surface area contributed by atoms with Crippen molar-refractivity contribution < 1.29 is 18.6 Å². The first-order valence-corrected chi connectivity index (χ1v) is 6.10. The molecule has 0 aliphatic carbocycles. The van der Waals surface area contributed by atoms with Crippen molar-refractivity contribution in [2.45, 2.75) is 26.3 Å². The van der Waals surface area contributed by atoms with Gasteiger partial charge >= 0.3 is 0 Å². The number of rotatable bonds is 8. The van der Waals surface area contributed by atoms with Crippen LogP contribution in [-0.4, -0.2) is 24.9 Å². The van der Waals surface area contributed by atoms with Crippen LogP contribution >= 0.6 is 0 Å². The van der Waals surface area contributed by atoms with Crippen molar-refractivity contribution in [3.63, 3.8) is 0 Å². The molecule has 0 saturated carbocycles. The summed E-state index contributed by atoms with van der Waals surface area (Å²) in [7, 11) is 0. The van der Waals surface area contributed by atoms with Gasteiger partial charge in [-0.1, -0.05) is 6.92 Å². The van der Waals surface area contributed by atoms with Crippen molar-refractivity contribution >= 4 is 0 Å². The third-order valence-electron chi connectivity index (χ3n) is 2.40. The van der Waals surface area contributed by atoms with Crippen LogP contribution in [-0.2, 0) is 11.3 Å². The fourth-order valence-corrected chi connectivity index (χ4v) is 1.50. The molecule has 1 aromatic carbocycles. The Morgan fingerprint density at radius 2 is 1.89 bits per heavy atom. The van der Waals surface area contributed by atoms with Crippen molar-refractivity contribution in [1.29, 1.82) is 0 Å². The van der Waals surface area contributed by atoms with E-state index in [1.54, 1.807) is 0 Å². The number of aromatic hydroxyl groups is 1. The lowest BCUT2D eigenvalue weighted by Gasteiger charge is -2.07. The summed E-state index contributed by atoms with van der Waals surface area (Å²) in [6.45, 7) is 4.56. The van der Waals surface area contributed by atoms with Crippen LogP contribution in [0.15, 0.2) is 12.1 Å². The third kappa shape index (κ3) is 4.98. The van der Waals surface area contributed by atoms with Gasteiger partial charge in [0.1, 0.15) is 0 Å². The summed E-state index contributed by atoms with van der Waals surface area (Å²) in [5, 5.41) is 12.0. The predicted molar refractivity (Wildman–Crippen MR) is 65.5 cm³/mol. The van der Waals surface area contributed by atoms with Gasteiger partial charge in [0.2, 0.25) is 0 Å². The van der Waals surface area contributed by atoms with E-state index < -0.39 is 17.4 Å². The summed E-state index contributed by atoms with van der Waals surface area (Å²) >= 11 is 0. The normalized spacial score (nSPS) is 10.8. The van der Waals surface area contributed by atoms with E-state index in [-0.39, 0.29) is 0 Å². The zero-order valence-electron chi connectivity index (χ0n) is 10.5. The van der Waals surface area contributed by atoms with E-state index in [1.807, 2.05) is 6.92 Å². The number of hydrogen-bond donors (Lipinski definition) is 2. The summed E-state index contributed by atoms with van der Waals surface area (Å²) in [6, 6.07) is 2.25. The van der Waals surface area contributed by atoms with Crippen LogP contribution < -0.4 is 5.32 Å². The highest BCUT2D eigenvalue weighted by atomic mass is 19.1. The molecule has 2 N–H and O–H groups in total. The van der Waals surface area contributed by atoms with Crippen LogP contribution in [0.25, 0.3) is 0 Å². The van der Waals surface area contributed by atoms with Gasteiger partial charge in [-0.2, -0.15) is 0 Å². The number of phenols is 1. The first-order chi connectivity index (χ1) is 8.65. The maximum atomic E-state index is 13.0. The van der Waals surface area contributed by atoms with Gasteiger partial charge in [-0.3, -0.25) is 0 Å². The molecular formula is C13H19F2NO2. The number of halogens is 2. The van der Waals surface area contributed by atoms with Crippen molar-refractivity contribution in [3.05, 3.63) is 29.3 Å². The van der Waals surface area contributed by atoms with Crippen LogP contribution in [0.2, 0.25) is 0 Å². The molecule has 18 heavy (non-hydrogen) atoms. The Kier molecular flexibility index (Phi) is 6.60. The highest BCUT2D eigenvalue weighted by molar-refractivity contribution is 5.29. The molecule has 0 spiro atoms. The standard InChI is InChI=1S/C13H19F2NO2/c1-2-5-18-6-3-4-16-9-10-7-11(14)13(17)12(15)8-10/h7-8,16-17H,2-6,9H2,1H3. The Balaban J connectivity index is 2.23. The van der Waals surface area contributed by atoms with Crippen LogP contribution in [0.3, 0.4) is 0 Å². The Hall–Kier alpha value is -1.20. The number of ether oxygens (including phenoxy) is 1. The Labute approximate surface area is 106 Å². The molecule has 0 aliphatic rings. The van der Waals surface area contributed by atoms with Gasteiger partial charge < -0.3 is 15.2 Å². The summed E-state index contributed by atoms with van der Waals surface area (Å²) in [5.41, 5.74) is 0.470. The van der Waals surface area contributed by atoms with Crippen molar-refractivity contribution in [3.8, 4) is 5.75 Å². The maximum Gasteiger partial charge on any atom is 0.187 e. The van der Waals surface area contributed by atoms with Gasteiger partial charge in [0.05, 0.1) is 0 Å². The first-order valence-electron chi connectivity index (χ1n) is 6.10. The zero-order valence-corrected chi connectivity index (χ0v) is 10.5. The van der Waals surface area contributed by atoms with Crippen LogP contribution in [0.4, 0.5) is 8.78 Å². The molecule has 0 unspecified atom stereocenters. The number of nitrogens with one attached hydrogen (secondary N) is 1. The molecule has 0 atom stereocenters.